The van der Waals surface area contributed by atoms with Gasteiger partial charge in [-0.2, -0.15) is 0 Å². The Morgan fingerprint density at radius 1 is 0.429 bits per heavy atom. The molecule has 7 rings (SSSR count). The zero-order valence-corrected chi connectivity index (χ0v) is 41.5. The second-order valence-electron chi connectivity index (χ2n) is 13.0. The number of nitrogens with zero attached hydrogens (tertiary/aromatic N) is 3. The van der Waals surface area contributed by atoms with Gasteiger partial charge in [0, 0.05) is 37.5 Å². The molecule has 0 bridgehead atoms. The molecule has 0 amide bonds. The van der Waals surface area contributed by atoms with E-state index in [-0.39, 0.29) is 68.7 Å². The van der Waals surface area contributed by atoms with Crippen LogP contribution < -0.4 is 14.2 Å². The molecule has 15 nitrogen and oxygen atoms in total. The summed E-state index contributed by atoms with van der Waals surface area (Å²) in [6, 6.07) is 14.2. The number of hydrogen-bond donors (Lipinski definition) is 0. The van der Waals surface area contributed by atoms with E-state index in [4.69, 9.17) is 28.4 Å². The standard InChI is InChI=1S/C42H21Br6N3O12/c1-16(52)58-34-25(43)4-19(5-26(34)44)10-31-40(55)61-37(49-31)22-13-23(38-50-32(41(56)62-38)11-20-6-27(45)35(28(46)7-20)59-17(2)53)15-24(14-22)39-51-33(42(57)63-39)12-21-8-29(47)36(30(48)9-21)60-18(3)54/h4-15H,1-3H3/b31-10+,32-11+,33-12+. The number of ether oxygens (including phenoxy) is 6. The zero-order chi connectivity index (χ0) is 45.4. The fourth-order valence-electron chi connectivity index (χ4n) is 5.78. The highest BCUT2D eigenvalue weighted by molar-refractivity contribution is 9.12. The predicted molar refractivity (Wildman–Crippen MR) is 248 cm³/mol. The Morgan fingerprint density at radius 3 is 0.857 bits per heavy atom. The van der Waals surface area contributed by atoms with E-state index in [1.165, 1.54) is 57.2 Å². The molecule has 0 spiro atoms. The summed E-state index contributed by atoms with van der Waals surface area (Å²) in [5.74, 6) is -3.74. The first-order chi connectivity index (χ1) is 29.8. The number of halogens is 6. The highest BCUT2D eigenvalue weighted by Crippen LogP contribution is 2.39. The monoisotopic (exact) mass is 1230 g/mol. The first kappa shape index (κ1) is 45.8. The summed E-state index contributed by atoms with van der Waals surface area (Å²) in [6.07, 6.45) is 4.37. The van der Waals surface area contributed by atoms with Crippen molar-refractivity contribution in [1.29, 1.82) is 0 Å². The van der Waals surface area contributed by atoms with Crippen molar-refractivity contribution in [3.05, 3.63) is 132 Å². The summed E-state index contributed by atoms with van der Waals surface area (Å²) >= 11 is 20.3. The van der Waals surface area contributed by atoms with Gasteiger partial charge in [0.25, 0.3) is 0 Å². The average Bonchev–Trinajstić information content (AvgIpc) is 3.87. The third-order valence-electron chi connectivity index (χ3n) is 8.24. The van der Waals surface area contributed by atoms with Crippen molar-refractivity contribution < 1.29 is 57.2 Å². The van der Waals surface area contributed by atoms with E-state index < -0.39 is 35.8 Å². The van der Waals surface area contributed by atoms with Crippen molar-refractivity contribution >= 4 is 167 Å². The third kappa shape index (κ3) is 10.6. The Bertz CT molecular complexity index is 2580. The fraction of sp³-hybridized carbons (Fsp3) is 0.0714. The molecule has 0 unspecified atom stereocenters. The van der Waals surface area contributed by atoms with Crippen molar-refractivity contribution in [1.82, 2.24) is 0 Å². The molecule has 0 aromatic heterocycles. The molecule has 0 saturated carbocycles. The van der Waals surface area contributed by atoms with Crippen molar-refractivity contribution in [2.45, 2.75) is 20.8 Å². The summed E-state index contributed by atoms with van der Waals surface area (Å²) in [4.78, 5) is 87.8. The normalized spacial score (nSPS) is 16.4. The number of carbonyl (C=O) groups excluding carboxylic acids is 6. The number of cyclic esters (lactones) is 3. The van der Waals surface area contributed by atoms with Crippen molar-refractivity contribution in [2.24, 2.45) is 15.0 Å². The molecule has 0 N–H and O–H groups in total. The molecule has 0 aliphatic carbocycles. The quantitative estimate of drug-likeness (QED) is 0.0667. The van der Waals surface area contributed by atoms with E-state index in [2.05, 4.69) is 111 Å². The molecule has 4 aromatic carbocycles. The minimum Gasteiger partial charge on any atom is -0.424 e. The van der Waals surface area contributed by atoms with Gasteiger partial charge in [0.15, 0.2) is 34.3 Å². The minimum atomic E-state index is -0.799. The molecule has 0 fully saturated rings. The smallest absolute Gasteiger partial charge is 0.363 e. The Hall–Kier alpha value is -5.19. The van der Waals surface area contributed by atoms with Gasteiger partial charge in [-0.05, 0) is 185 Å². The molecule has 3 aliphatic rings. The van der Waals surface area contributed by atoms with Crippen LogP contribution in [0.1, 0.15) is 54.2 Å². The predicted octanol–water partition coefficient (Wildman–Crippen LogP) is 10.1. The molecular weight excluding hydrogens is 1220 g/mol. The van der Waals surface area contributed by atoms with Gasteiger partial charge < -0.3 is 28.4 Å². The Labute approximate surface area is 406 Å². The lowest BCUT2D eigenvalue weighted by atomic mass is 10.0. The molecule has 0 atom stereocenters. The Balaban J connectivity index is 1.30. The molecule has 3 heterocycles. The SMILES string of the molecule is CC(=O)Oc1c(Br)cc(/C=C2/N=C(c3cc(C4=N/C(=C/c5cc(Br)c(OC(C)=O)c(Br)c5)C(=O)O4)cc(C4=N/C(=C/c5cc(Br)c(OC(C)=O)c(Br)c5)C(=O)O4)c3)OC2=O)cc1Br. The lowest BCUT2D eigenvalue weighted by Gasteiger charge is -2.08. The number of hydrogen-bond acceptors (Lipinski definition) is 15. The van der Waals surface area contributed by atoms with E-state index in [1.54, 1.807) is 36.4 Å². The van der Waals surface area contributed by atoms with Gasteiger partial charge in [0.05, 0.1) is 26.8 Å². The summed E-state index contributed by atoms with van der Waals surface area (Å²) < 4.78 is 35.1. The molecule has 21 heteroatoms. The number of benzene rings is 4. The van der Waals surface area contributed by atoms with Gasteiger partial charge in [-0.25, -0.2) is 29.4 Å². The van der Waals surface area contributed by atoms with Gasteiger partial charge in [-0.1, -0.05) is 0 Å². The topological polar surface area (TPSA) is 195 Å². The second kappa shape index (κ2) is 18.9. The Morgan fingerprint density at radius 2 is 0.651 bits per heavy atom. The largest absolute Gasteiger partial charge is 0.424 e. The van der Waals surface area contributed by atoms with E-state index in [0.717, 1.165) is 0 Å². The summed E-state index contributed by atoms with van der Waals surface area (Å²) in [6.45, 7) is 3.79. The van der Waals surface area contributed by atoms with Crippen LogP contribution in [-0.4, -0.2) is 53.5 Å². The van der Waals surface area contributed by atoms with Crippen molar-refractivity contribution in [3.8, 4) is 17.2 Å². The number of aliphatic imine (C=N–C) groups is 3. The van der Waals surface area contributed by atoms with Crippen LogP contribution in [0.3, 0.4) is 0 Å². The Kier molecular flexibility index (Phi) is 13.7. The van der Waals surface area contributed by atoms with E-state index in [9.17, 15) is 28.8 Å². The minimum absolute atomic E-state index is 0.0882. The van der Waals surface area contributed by atoms with E-state index in [0.29, 0.717) is 43.5 Å². The van der Waals surface area contributed by atoms with E-state index in [1.807, 2.05) is 0 Å². The first-order valence-electron chi connectivity index (χ1n) is 17.6. The van der Waals surface area contributed by atoms with E-state index >= 15 is 0 Å². The molecule has 63 heavy (non-hydrogen) atoms. The number of esters is 6. The average molecular weight is 1240 g/mol. The number of rotatable bonds is 9. The lowest BCUT2D eigenvalue weighted by Crippen LogP contribution is -2.13. The van der Waals surface area contributed by atoms with Crippen molar-refractivity contribution in [3.63, 3.8) is 0 Å². The maximum Gasteiger partial charge on any atom is 0.363 e. The van der Waals surface area contributed by atoms with Crippen LogP contribution in [0.5, 0.6) is 17.2 Å². The third-order valence-corrected chi connectivity index (χ3v) is 11.8. The van der Waals surface area contributed by atoms with Gasteiger partial charge >= 0.3 is 35.8 Å². The lowest BCUT2D eigenvalue weighted by molar-refractivity contribution is -0.132. The van der Waals surface area contributed by atoms with Gasteiger partial charge in [-0.3, -0.25) is 14.4 Å². The zero-order valence-electron chi connectivity index (χ0n) is 31.9. The molecule has 0 radical (unpaired) electrons. The van der Waals surface area contributed by atoms with Crippen LogP contribution in [0.25, 0.3) is 18.2 Å². The molecule has 0 saturated heterocycles. The maximum absolute atomic E-state index is 13.2. The van der Waals surface area contributed by atoms with Crippen LogP contribution in [0.4, 0.5) is 0 Å². The van der Waals surface area contributed by atoms with Crippen LogP contribution in [0.15, 0.2) is 114 Å². The summed E-state index contributed by atoms with van der Waals surface area (Å²) in [5.41, 5.74) is 1.77. The summed E-state index contributed by atoms with van der Waals surface area (Å²) in [5, 5.41) is 0. The summed E-state index contributed by atoms with van der Waals surface area (Å²) in [7, 11) is 0. The number of carbonyl (C=O) groups is 6. The van der Waals surface area contributed by atoms with Crippen LogP contribution >= 0.6 is 95.6 Å². The molecular formula is C42H21Br6N3O12. The van der Waals surface area contributed by atoms with Crippen LogP contribution in [0.2, 0.25) is 0 Å². The molecule has 3 aliphatic heterocycles. The van der Waals surface area contributed by atoms with Crippen molar-refractivity contribution in [2.75, 3.05) is 0 Å². The highest BCUT2D eigenvalue weighted by atomic mass is 79.9. The maximum atomic E-state index is 13.2. The fourth-order valence-corrected chi connectivity index (χ4v) is 9.93. The van der Waals surface area contributed by atoms with Crippen LogP contribution in [-0.2, 0) is 43.0 Å². The second-order valence-corrected chi connectivity index (χ2v) is 18.2. The highest BCUT2D eigenvalue weighted by Gasteiger charge is 2.31. The van der Waals surface area contributed by atoms with Gasteiger partial charge in [0.1, 0.15) is 0 Å². The van der Waals surface area contributed by atoms with Gasteiger partial charge in [-0.15, -0.1) is 0 Å². The van der Waals surface area contributed by atoms with Gasteiger partial charge in [0.2, 0.25) is 17.7 Å². The van der Waals surface area contributed by atoms with Crippen LogP contribution in [0, 0.1) is 0 Å². The first-order valence-corrected chi connectivity index (χ1v) is 22.3. The molecule has 318 valence electrons. The molecule has 4 aromatic rings.